The number of nitro benzene ring substituents is 1. The summed E-state index contributed by atoms with van der Waals surface area (Å²) >= 11 is 5.91. The van der Waals surface area contributed by atoms with E-state index in [0.717, 1.165) is 6.07 Å². The van der Waals surface area contributed by atoms with E-state index in [9.17, 15) is 10.1 Å². The Balaban J connectivity index is 2.43. The van der Waals surface area contributed by atoms with Gasteiger partial charge < -0.3 is 15.7 Å². The molecule has 10 heteroatoms. The van der Waals surface area contributed by atoms with Gasteiger partial charge in [-0.25, -0.2) is 9.97 Å². The average molecular weight is 310 g/mol. The summed E-state index contributed by atoms with van der Waals surface area (Å²) in [4.78, 5) is 17.9. The van der Waals surface area contributed by atoms with E-state index in [0.29, 0.717) is 0 Å². The highest BCUT2D eigenvalue weighted by Gasteiger charge is 2.16. The number of rotatable bonds is 4. The van der Waals surface area contributed by atoms with E-state index in [1.165, 1.54) is 24.5 Å². The minimum absolute atomic E-state index is 0.00152. The van der Waals surface area contributed by atoms with E-state index < -0.39 is 4.92 Å². The van der Waals surface area contributed by atoms with E-state index in [2.05, 4.69) is 15.1 Å². The number of halogens is 1. The lowest BCUT2D eigenvalue weighted by atomic mass is 10.3. The summed E-state index contributed by atoms with van der Waals surface area (Å²) in [5.41, 5.74) is 5.21. The SMILES string of the molecule is NC(=NO)c1nccnc1Oc1cc([N+](=O)[O-])ccc1Cl. The van der Waals surface area contributed by atoms with Gasteiger partial charge in [0, 0.05) is 18.5 Å². The quantitative estimate of drug-likeness (QED) is 0.289. The monoisotopic (exact) mass is 309 g/mol. The Bertz CT molecular complexity index is 722. The van der Waals surface area contributed by atoms with Crippen LogP contribution in [0.1, 0.15) is 5.69 Å². The maximum atomic E-state index is 10.7. The number of hydrogen-bond donors (Lipinski definition) is 2. The van der Waals surface area contributed by atoms with E-state index in [4.69, 9.17) is 27.3 Å². The van der Waals surface area contributed by atoms with E-state index >= 15 is 0 Å². The third-order valence-corrected chi connectivity index (χ3v) is 2.66. The number of nitrogens with two attached hydrogens (primary N) is 1. The van der Waals surface area contributed by atoms with Crippen LogP contribution in [-0.4, -0.2) is 25.9 Å². The molecule has 108 valence electrons. The highest BCUT2D eigenvalue weighted by molar-refractivity contribution is 6.32. The molecule has 0 aliphatic heterocycles. The van der Waals surface area contributed by atoms with E-state index in [1.54, 1.807) is 0 Å². The van der Waals surface area contributed by atoms with Crippen LogP contribution < -0.4 is 10.5 Å². The van der Waals surface area contributed by atoms with Crippen molar-refractivity contribution >= 4 is 23.1 Å². The maximum Gasteiger partial charge on any atom is 0.273 e. The smallest absolute Gasteiger partial charge is 0.273 e. The second-order valence-corrected chi connectivity index (χ2v) is 4.08. The zero-order valence-corrected chi connectivity index (χ0v) is 11.1. The van der Waals surface area contributed by atoms with Crippen LogP contribution in [0.15, 0.2) is 35.7 Å². The molecule has 1 heterocycles. The second-order valence-electron chi connectivity index (χ2n) is 3.67. The molecular weight excluding hydrogens is 302 g/mol. The number of nitro groups is 1. The Kier molecular flexibility index (Phi) is 4.14. The fourth-order valence-electron chi connectivity index (χ4n) is 1.41. The van der Waals surface area contributed by atoms with Crippen molar-refractivity contribution < 1.29 is 14.9 Å². The summed E-state index contributed by atoms with van der Waals surface area (Å²) < 4.78 is 5.37. The average Bonchev–Trinajstić information content (AvgIpc) is 2.49. The number of ether oxygens (including phenoxy) is 1. The van der Waals surface area contributed by atoms with Crippen molar-refractivity contribution in [3.63, 3.8) is 0 Å². The van der Waals surface area contributed by atoms with Crippen LogP contribution in [0.2, 0.25) is 5.02 Å². The van der Waals surface area contributed by atoms with Gasteiger partial charge in [0.2, 0.25) is 5.88 Å². The van der Waals surface area contributed by atoms with Crippen molar-refractivity contribution in [2.45, 2.75) is 0 Å². The normalized spacial score (nSPS) is 11.2. The zero-order chi connectivity index (χ0) is 15.4. The summed E-state index contributed by atoms with van der Waals surface area (Å²) in [6.45, 7) is 0. The minimum Gasteiger partial charge on any atom is -0.435 e. The first-order chi connectivity index (χ1) is 10.0. The van der Waals surface area contributed by atoms with Crippen LogP contribution in [0.3, 0.4) is 0 Å². The number of benzene rings is 1. The molecule has 0 bridgehead atoms. The predicted molar refractivity (Wildman–Crippen MR) is 72.7 cm³/mol. The van der Waals surface area contributed by atoms with Crippen molar-refractivity contribution in [2.24, 2.45) is 10.9 Å². The molecule has 0 aliphatic rings. The van der Waals surface area contributed by atoms with Crippen molar-refractivity contribution in [2.75, 3.05) is 0 Å². The van der Waals surface area contributed by atoms with E-state index in [1.807, 2.05) is 0 Å². The zero-order valence-electron chi connectivity index (χ0n) is 10.3. The molecule has 1 aromatic heterocycles. The Labute approximate surface area is 122 Å². The number of oxime groups is 1. The van der Waals surface area contributed by atoms with Crippen molar-refractivity contribution in [1.82, 2.24) is 9.97 Å². The molecule has 2 rings (SSSR count). The molecule has 0 saturated heterocycles. The van der Waals surface area contributed by atoms with Gasteiger partial charge in [-0.1, -0.05) is 16.8 Å². The minimum atomic E-state index is -0.593. The molecule has 1 aromatic carbocycles. The van der Waals surface area contributed by atoms with Gasteiger partial charge in [-0.3, -0.25) is 10.1 Å². The first kappa shape index (κ1) is 14.5. The molecule has 0 amide bonds. The molecule has 0 fully saturated rings. The number of aromatic nitrogens is 2. The van der Waals surface area contributed by atoms with Crippen LogP contribution in [0.25, 0.3) is 0 Å². The van der Waals surface area contributed by atoms with E-state index in [-0.39, 0.29) is 33.9 Å². The molecule has 0 atom stereocenters. The largest absolute Gasteiger partial charge is 0.435 e. The topological polar surface area (TPSA) is 137 Å². The van der Waals surface area contributed by atoms with Gasteiger partial charge in [-0.15, -0.1) is 0 Å². The molecule has 0 radical (unpaired) electrons. The van der Waals surface area contributed by atoms with Gasteiger partial charge in [-0.05, 0) is 6.07 Å². The molecule has 0 aliphatic carbocycles. The fraction of sp³-hybridized carbons (Fsp3) is 0. The van der Waals surface area contributed by atoms with Crippen LogP contribution in [0, 0.1) is 10.1 Å². The molecule has 0 spiro atoms. The first-order valence-corrected chi connectivity index (χ1v) is 5.81. The molecule has 9 nitrogen and oxygen atoms in total. The lowest BCUT2D eigenvalue weighted by Crippen LogP contribution is -2.16. The Morgan fingerprint density at radius 2 is 2.14 bits per heavy atom. The summed E-state index contributed by atoms with van der Waals surface area (Å²) in [6, 6.07) is 3.68. The molecule has 3 N–H and O–H groups in total. The van der Waals surface area contributed by atoms with Gasteiger partial charge in [0.25, 0.3) is 5.69 Å². The Morgan fingerprint density at radius 3 is 2.81 bits per heavy atom. The third-order valence-electron chi connectivity index (χ3n) is 2.35. The van der Waals surface area contributed by atoms with Crippen molar-refractivity contribution in [3.05, 3.63) is 51.4 Å². The molecular formula is C11H8ClN5O4. The fourth-order valence-corrected chi connectivity index (χ4v) is 1.57. The molecule has 2 aromatic rings. The predicted octanol–water partition coefficient (Wildman–Crippen LogP) is 1.92. The number of nitrogens with zero attached hydrogens (tertiary/aromatic N) is 4. The van der Waals surface area contributed by atoms with Gasteiger partial charge >= 0.3 is 0 Å². The van der Waals surface area contributed by atoms with Crippen molar-refractivity contribution in [3.8, 4) is 11.6 Å². The summed E-state index contributed by atoms with van der Waals surface area (Å²) in [7, 11) is 0. The number of hydrogen-bond acceptors (Lipinski definition) is 7. The lowest BCUT2D eigenvalue weighted by molar-refractivity contribution is -0.384. The van der Waals surface area contributed by atoms with Crippen LogP contribution >= 0.6 is 11.6 Å². The Hall–Kier alpha value is -2.94. The van der Waals surface area contributed by atoms with Gasteiger partial charge in [-0.2, -0.15) is 0 Å². The molecule has 0 unspecified atom stereocenters. The summed E-state index contributed by atoms with van der Waals surface area (Å²) in [5, 5.41) is 22.4. The highest BCUT2D eigenvalue weighted by atomic mass is 35.5. The second kappa shape index (κ2) is 6.01. The van der Waals surface area contributed by atoms with Gasteiger partial charge in [0.05, 0.1) is 16.0 Å². The summed E-state index contributed by atoms with van der Waals surface area (Å²) in [6.07, 6.45) is 2.63. The Morgan fingerprint density at radius 1 is 1.43 bits per heavy atom. The van der Waals surface area contributed by atoms with Crippen molar-refractivity contribution in [1.29, 1.82) is 0 Å². The van der Waals surface area contributed by atoms with Gasteiger partial charge in [0.1, 0.15) is 0 Å². The van der Waals surface area contributed by atoms with Crippen LogP contribution in [0.5, 0.6) is 11.6 Å². The standard InChI is InChI=1S/C11H8ClN5O4/c12-7-2-1-6(17(19)20)5-8(7)21-11-9(10(13)16-18)14-3-4-15-11/h1-5,18H,(H2,13,16). The highest BCUT2D eigenvalue weighted by Crippen LogP contribution is 2.32. The summed E-state index contributed by atoms with van der Waals surface area (Å²) in [5.74, 6) is -0.423. The lowest BCUT2D eigenvalue weighted by Gasteiger charge is -2.09. The molecule has 21 heavy (non-hydrogen) atoms. The van der Waals surface area contributed by atoms with Crippen LogP contribution in [0.4, 0.5) is 5.69 Å². The van der Waals surface area contributed by atoms with Gasteiger partial charge in [0.15, 0.2) is 17.3 Å². The first-order valence-electron chi connectivity index (χ1n) is 5.43. The number of amidine groups is 1. The molecule has 0 saturated carbocycles. The maximum absolute atomic E-state index is 10.7. The van der Waals surface area contributed by atoms with Crippen LogP contribution in [-0.2, 0) is 0 Å². The third kappa shape index (κ3) is 3.15. The number of non-ortho nitro benzene ring substituents is 1.